The Bertz CT molecular complexity index is 1050. The summed E-state index contributed by atoms with van der Waals surface area (Å²) in [6.45, 7) is 4.00. The van der Waals surface area contributed by atoms with Gasteiger partial charge in [0.15, 0.2) is 0 Å². The smallest absolute Gasteiger partial charge is 0.411 e. The van der Waals surface area contributed by atoms with Crippen molar-refractivity contribution >= 4 is 24.4 Å². The van der Waals surface area contributed by atoms with Crippen molar-refractivity contribution in [2.24, 2.45) is 5.92 Å². The topological polar surface area (TPSA) is 157 Å². The van der Waals surface area contributed by atoms with Crippen LogP contribution in [0.4, 0.5) is 9.59 Å². The molecule has 2 aromatic carbocycles. The number of hydrogen-bond donors (Lipinski definition) is 6. The Morgan fingerprint density at radius 3 is 2.05 bits per heavy atom. The van der Waals surface area contributed by atoms with Gasteiger partial charge >= 0.3 is 12.2 Å². The second-order valence-corrected chi connectivity index (χ2v) is 9.84. The third kappa shape index (κ3) is 11.3. The number of carbonyl (C=O) groups excluding carboxylic acids is 2. The molecular weight excluding hydrogens is 500 g/mol. The standard InChI is InChI=1S/C29H40N4O6/c1-21(20-34)30-17-11-5-10-16-25(18-23-12-6-3-7-13-23)29(33-28(38)39,19-24-14-8-4-9-15-24)32-22(2)26(35)31-27(36)37/h3-4,6-9,12-15,20-22,25,30,32-33H,5,10-11,16-19H2,1-2H3,(H,31,35)(H,36,37)(H,38,39)/t21?,22-,25-,29?/m0/s1. The lowest BCUT2D eigenvalue weighted by Gasteiger charge is -2.44. The minimum Gasteiger partial charge on any atom is -0.465 e. The van der Waals surface area contributed by atoms with E-state index < -0.39 is 29.8 Å². The molecule has 0 saturated carbocycles. The van der Waals surface area contributed by atoms with E-state index in [0.717, 1.165) is 36.7 Å². The van der Waals surface area contributed by atoms with Crippen molar-refractivity contribution in [3.63, 3.8) is 0 Å². The van der Waals surface area contributed by atoms with Crippen molar-refractivity contribution in [2.45, 2.75) is 70.1 Å². The zero-order valence-electron chi connectivity index (χ0n) is 22.6. The maximum Gasteiger partial charge on any atom is 0.411 e. The van der Waals surface area contributed by atoms with E-state index in [9.17, 15) is 24.3 Å². The van der Waals surface area contributed by atoms with Gasteiger partial charge in [0, 0.05) is 6.42 Å². The second kappa shape index (κ2) is 16.3. The molecule has 0 bridgehead atoms. The maximum absolute atomic E-state index is 12.6. The molecule has 0 saturated heterocycles. The monoisotopic (exact) mass is 540 g/mol. The molecule has 3 amide bonds. The third-order valence-electron chi connectivity index (χ3n) is 6.67. The molecule has 39 heavy (non-hydrogen) atoms. The minimum atomic E-state index is -1.48. The Balaban J connectivity index is 2.41. The number of carboxylic acid groups (broad SMARTS) is 2. The van der Waals surface area contributed by atoms with Gasteiger partial charge in [-0.05, 0) is 56.7 Å². The summed E-state index contributed by atoms with van der Waals surface area (Å²) in [6.07, 6.45) is 2.00. The number of aldehydes is 1. The van der Waals surface area contributed by atoms with Crippen LogP contribution in [0, 0.1) is 5.92 Å². The average molecular weight is 541 g/mol. The van der Waals surface area contributed by atoms with E-state index in [1.54, 1.807) is 6.92 Å². The summed E-state index contributed by atoms with van der Waals surface area (Å²) in [6, 6.07) is 17.9. The van der Waals surface area contributed by atoms with Gasteiger partial charge in [0.05, 0.1) is 12.1 Å². The summed E-state index contributed by atoms with van der Waals surface area (Å²) in [4.78, 5) is 46.8. The van der Waals surface area contributed by atoms with Crippen LogP contribution in [0.2, 0.25) is 0 Å². The Labute approximate surface area is 229 Å². The van der Waals surface area contributed by atoms with Crippen LogP contribution in [0.3, 0.4) is 0 Å². The molecule has 2 rings (SSSR count). The summed E-state index contributed by atoms with van der Waals surface area (Å²) in [7, 11) is 0. The number of imide groups is 1. The van der Waals surface area contributed by atoms with Gasteiger partial charge in [0.2, 0.25) is 5.91 Å². The number of carbonyl (C=O) groups is 4. The van der Waals surface area contributed by atoms with Crippen LogP contribution >= 0.6 is 0 Å². The quantitative estimate of drug-likeness (QED) is 0.101. The molecule has 6 N–H and O–H groups in total. The predicted octanol–water partition coefficient (Wildman–Crippen LogP) is 3.56. The summed E-state index contributed by atoms with van der Waals surface area (Å²) in [5.74, 6) is -1.07. The van der Waals surface area contributed by atoms with Crippen LogP contribution < -0.4 is 21.3 Å². The van der Waals surface area contributed by atoms with Crippen LogP contribution in [-0.2, 0) is 22.4 Å². The first-order chi connectivity index (χ1) is 18.6. The van der Waals surface area contributed by atoms with E-state index in [4.69, 9.17) is 5.11 Å². The highest BCUT2D eigenvalue weighted by Crippen LogP contribution is 2.30. The predicted molar refractivity (Wildman–Crippen MR) is 148 cm³/mol. The van der Waals surface area contributed by atoms with Crippen LogP contribution in [0.15, 0.2) is 60.7 Å². The third-order valence-corrected chi connectivity index (χ3v) is 6.67. The number of rotatable bonds is 17. The lowest BCUT2D eigenvalue weighted by Crippen LogP contribution is -2.68. The second-order valence-electron chi connectivity index (χ2n) is 9.84. The molecule has 0 aliphatic carbocycles. The van der Waals surface area contributed by atoms with Crippen molar-refractivity contribution in [3.05, 3.63) is 71.8 Å². The first-order valence-electron chi connectivity index (χ1n) is 13.2. The number of benzene rings is 2. The van der Waals surface area contributed by atoms with Gasteiger partial charge in [0.25, 0.3) is 0 Å². The van der Waals surface area contributed by atoms with Crippen molar-refractivity contribution < 1.29 is 29.4 Å². The summed E-state index contributed by atoms with van der Waals surface area (Å²) < 4.78 is 0. The number of amides is 3. The van der Waals surface area contributed by atoms with Crippen LogP contribution in [0.1, 0.15) is 50.7 Å². The molecule has 0 radical (unpaired) electrons. The molecule has 2 aromatic rings. The molecule has 212 valence electrons. The molecule has 2 unspecified atom stereocenters. The van der Waals surface area contributed by atoms with Gasteiger partial charge in [0.1, 0.15) is 11.9 Å². The van der Waals surface area contributed by atoms with Crippen LogP contribution in [0.5, 0.6) is 0 Å². The first kappa shape index (κ1) is 31.5. The van der Waals surface area contributed by atoms with E-state index in [2.05, 4.69) is 16.0 Å². The Morgan fingerprint density at radius 1 is 0.872 bits per heavy atom. The fourth-order valence-electron chi connectivity index (χ4n) is 4.76. The molecule has 10 heteroatoms. The highest BCUT2D eigenvalue weighted by atomic mass is 16.4. The molecule has 10 nitrogen and oxygen atoms in total. The van der Waals surface area contributed by atoms with Crippen molar-refractivity contribution in [3.8, 4) is 0 Å². The van der Waals surface area contributed by atoms with Crippen molar-refractivity contribution in [1.82, 2.24) is 21.3 Å². The summed E-state index contributed by atoms with van der Waals surface area (Å²) in [5.41, 5.74) is 0.579. The van der Waals surface area contributed by atoms with Gasteiger partial charge in [-0.3, -0.25) is 15.4 Å². The summed E-state index contributed by atoms with van der Waals surface area (Å²) >= 11 is 0. The van der Waals surface area contributed by atoms with Gasteiger partial charge in [-0.1, -0.05) is 73.5 Å². The molecule has 0 aliphatic rings. The van der Waals surface area contributed by atoms with Gasteiger partial charge in [-0.2, -0.15) is 0 Å². The highest BCUT2D eigenvalue weighted by Gasteiger charge is 2.42. The normalized spacial score (nSPS) is 14.8. The minimum absolute atomic E-state index is 0.211. The lowest BCUT2D eigenvalue weighted by molar-refractivity contribution is -0.123. The van der Waals surface area contributed by atoms with Crippen LogP contribution in [-0.4, -0.2) is 58.9 Å². The van der Waals surface area contributed by atoms with E-state index in [0.29, 0.717) is 19.4 Å². The van der Waals surface area contributed by atoms with Crippen molar-refractivity contribution in [1.29, 1.82) is 0 Å². The number of hydrogen-bond acceptors (Lipinski definition) is 6. The fourth-order valence-corrected chi connectivity index (χ4v) is 4.76. The average Bonchev–Trinajstić information content (AvgIpc) is 2.90. The van der Waals surface area contributed by atoms with Gasteiger partial charge < -0.3 is 25.6 Å². The van der Waals surface area contributed by atoms with E-state index in [1.807, 2.05) is 66.0 Å². The Hall–Kier alpha value is -3.76. The van der Waals surface area contributed by atoms with E-state index in [1.165, 1.54) is 6.92 Å². The zero-order valence-corrected chi connectivity index (χ0v) is 22.6. The molecule has 0 heterocycles. The Kier molecular flexibility index (Phi) is 13.1. The summed E-state index contributed by atoms with van der Waals surface area (Å²) in [5, 5.41) is 29.9. The first-order valence-corrected chi connectivity index (χ1v) is 13.2. The Morgan fingerprint density at radius 2 is 1.49 bits per heavy atom. The van der Waals surface area contributed by atoms with Crippen molar-refractivity contribution in [2.75, 3.05) is 6.54 Å². The fraction of sp³-hybridized carbons (Fsp3) is 0.448. The van der Waals surface area contributed by atoms with Crippen LogP contribution in [0.25, 0.3) is 0 Å². The largest absolute Gasteiger partial charge is 0.465 e. The molecule has 4 atom stereocenters. The molecule has 0 spiro atoms. The SMILES string of the molecule is CC(C=O)NCCCCC[C@@H](Cc1ccccc1)C(Cc1ccccc1)(NC(=O)O)N[C@@H](C)C(=O)NC(=O)O. The number of unbranched alkanes of at least 4 members (excludes halogenated alkanes) is 2. The zero-order chi connectivity index (χ0) is 28.7. The van der Waals surface area contributed by atoms with E-state index in [-0.39, 0.29) is 18.4 Å². The lowest BCUT2D eigenvalue weighted by atomic mass is 9.78. The molecule has 0 aliphatic heterocycles. The molecule has 0 fully saturated rings. The molecule has 0 aromatic heterocycles. The maximum atomic E-state index is 12.6. The van der Waals surface area contributed by atoms with Gasteiger partial charge in [-0.25, -0.2) is 9.59 Å². The highest BCUT2D eigenvalue weighted by molar-refractivity contribution is 5.94. The van der Waals surface area contributed by atoms with E-state index >= 15 is 0 Å². The van der Waals surface area contributed by atoms with Gasteiger partial charge in [-0.15, -0.1) is 0 Å². The molecular formula is C29H40N4O6. The number of nitrogens with one attached hydrogen (secondary N) is 4.